The average Bonchev–Trinajstić information content (AvgIpc) is 2.22. The third kappa shape index (κ3) is 2.97. The first-order valence-electron chi connectivity index (χ1n) is 6.06. The summed E-state index contributed by atoms with van der Waals surface area (Å²) in [4.78, 5) is 11.7. The Morgan fingerprint density at radius 3 is 2.50 bits per heavy atom. The molecule has 1 aromatic heterocycles. The van der Waals surface area contributed by atoms with Gasteiger partial charge in [0.05, 0.1) is 0 Å². The van der Waals surface area contributed by atoms with Crippen LogP contribution >= 0.6 is 0 Å². The lowest BCUT2D eigenvalue weighted by atomic mass is 9.91. The van der Waals surface area contributed by atoms with E-state index in [9.17, 15) is 4.79 Å². The van der Waals surface area contributed by atoms with E-state index < -0.39 is 0 Å². The fourth-order valence-corrected chi connectivity index (χ4v) is 2.04. The van der Waals surface area contributed by atoms with E-state index in [4.69, 9.17) is 4.42 Å². The summed E-state index contributed by atoms with van der Waals surface area (Å²) in [5.74, 6) is 2.56. The van der Waals surface area contributed by atoms with Gasteiger partial charge in [-0.05, 0) is 26.2 Å². The molecule has 0 N–H and O–H groups in total. The lowest BCUT2D eigenvalue weighted by Crippen LogP contribution is -2.11. The van der Waals surface area contributed by atoms with E-state index in [-0.39, 0.29) is 5.43 Å². The summed E-state index contributed by atoms with van der Waals surface area (Å²) < 4.78 is 5.70. The van der Waals surface area contributed by atoms with Crippen LogP contribution < -0.4 is 5.43 Å². The molecule has 0 saturated heterocycles. The highest BCUT2D eigenvalue weighted by molar-refractivity contribution is 5.20. The molecule has 0 amide bonds. The number of rotatable bonds is 4. The quantitative estimate of drug-likeness (QED) is 0.775. The maximum Gasteiger partial charge on any atom is 0.188 e. The third-order valence-electron chi connectivity index (χ3n) is 3.24. The number of hydrogen-bond donors (Lipinski definition) is 0. The van der Waals surface area contributed by atoms with Crippen LogP contribution in [0.3, 0.4) is 0 Å². The van der Waals surface area contributed by atoms with Gasteiger partial charge in [0.1, 0.15) is 11.5 Å². The molecule has 1 heterocycles. The van der Waals surface area contributed by atoms with Crippen LogP contribution in [0.15, 0.2) is 15.3 Å². The van der Waals surface area contributed by atoms with Crippen LogP contribution in [0.5, 0.6) is 0 Å². The van der Waals surface area contributed by atoms with Gasteiger partial charge in [-0.3, -0.25) is 4.79 Å². The monoisotopic (exact) mass is 222 g/mol. The molecule has 0 fully saturated rings. The first-order valence-corrected chi connectivity index (χ1v) is 6.06. The van der Waals surface area contributed by atoms with Gasteiger partial charge < -0.3 is 4.42 Å². The molecule has 1 aromatic rings. The lowest BCUT2D eigenvalue weighted by molar-refractivity contribution is 0.382. The Balaban J connectivity index is 2.99. The number of hydrogen-bond acceptors (Lipinski definition) is 2. The smallest absolute Gasteiger partial charge is 0.188 e. The van der Waals surface area contributed by atoms with Crippen molar-refractivity contribution in [3.05, 3.63) is 33.4 Å². The molecule has 2 atom stereocenters. The summed E-state index contributed by atoms with van der Waals surface area (Å²) in [5.41, 5.74) is 0.858. The minimum Gasteiger partial charge on any atom is -0.466 e. The van der Waals surface area contributed by atoms with Crippen molar-refractivity contribution in [2.24, 2.45) is 5.92 Å². The third-order valence-corrected chi connectivity index (χ3v) is 3.24. The highest BCUT2D eigenvalue weighted by atomic mass is 16.3. The van der Waals surface area contributed by atoms with Crippen LogP contribution in [0.4, 0.5) is 0 Å². The zero-order valence-electron chi connectivity index (χ0n) is 11.0. The first-order chi connectivity index (χ1) is 7.45. The Bertz CT molecular complexity index is 404. The predicted octanol–water partition coefficient (Wildman–Crippen LogP) is 3.80. The highest BCUT2D eigenvalue weighted by Crippen LogP contribution is 2.26. The van der Waals surface area contributed by atoms with Gasteiger partial charge in [0.2, 0.25) is 0 Å². The SMILES string of the molecule is CC[C@H](C)C[C@H](C)c1oc(C)cc(=O)c1C. The van der Waals surface area contributed by atoms with Crippen molar-refractivity contribution in [1.29, 1.82) is 0 Å². The second kappa shape index (κ2) is 5.33. The van der Waals surface area contributed by atoms with Gasteiger partial charge in [-0.2, -0.15) is 0 Å². The molecule has 0 aromatic carbocycles. The standard InChI is InChI=1S/C14H22O2/c1-6-9(2)7-10(3)14-12(5)13(15)8-11(4)16-14/h8-10H,6-7H2,1-5H3/t9-,10-/m0/s1. The molecule has 1 rings (SSSR count). The second-order valence-electron chi connectivity index (χ2n) is 4.86. The summed E-state index contributed by atoms with van der Waals surface area (Å²) in [7, 11) is 0. The van der Waals surface area contributed by atoms with Gasteiger partial charge >= 0.3 is 0 Å². The van der Waals surface area contributed by atoms with Gasteiger partial charge in [-0.25, -0.2) is 0 Å². The summed E-state index contributed by atoms with van der Waals surface area (Å²) in [6, 6.07) is 1.56. The van der Waals surface area contributed by atoms with Crippen LogP contribution in [-0.4, -0.2) is 0 Å². The summed E-state index contributed by atoms with van der Waals surface area (Å²) in [6.07, 6.45) is 2.24. The Morgan fingerprint density at radius 2 is 1.94 bits per heavy atom. The second-order valence-corrected chi connectivity index (χ2v) is 4.86. The van der Waals surface area contributed by atoms with E-state index in [0.717, 1.165) is 17.7 Å². The van der Waals surface area contributed by atoms with E-state index in [1.165, 1.54) is 6.42 Å². The van der Waals surface area contributed by atoms with Crippen molar-refractivity contribution in [2.45, 2.75) is 53.4 Å². The van der Waals surface area contributed by atoms with E-state index in [1.54, 1.807) is 6.07 Å². The molecular weight excluding hydrogens is 200 g/mol. The molecule has 16 heavy (non-hydrogen) atoms. The van der Waals surface area contributed by atoms with Crippen molar-refractivity contribution >= 4 is 0 Å². The van der Waals surface area contributed by atoms with Gasteiger partial charge in [-0.1, -0.05) is 27.2 Å². The molecule has 0 aliphatic rings. The number of aryl methyl sites for hydroxylation is 1. The normalized spacial score (nSPS) is 14.8. The molecule has 90 valence electrons. The Morgan fingerprint density at radius 1 is 1.31 bits per heavy atom. The predicted molar refractivity (Wildman–Crippen MR) is 66.9 cm³/mol. The van der Waals surface area contributed by atoms with E-state index in [1.807, 2.05) is 13.8 Å². The van der Waals surface area contributed by atoms with Gasteiger partial charge in [0.25, 0.3) is 0 Å². The zero-order valence-corrected chi connectivity index (χ0v) is 11.0. The molecule has 0 radical (unpaired) electrons. The molecule has 0 unspecified atom stereocenters. The maximum atomic E-state index is 11.7. The molecular formula is C14H22O2. The van der Waals surface area contributed by atoms with Crippen molar-refractivity contribution in [3.63, 3.8) is 0 Å². The molecule has 0 aliphatic carbocycles. The summed E-state index contributed by atoms with van der Waals surface area (Å²) in [6.45, 7) is 10.3. The van der Waals surface area contributed by atoms with Crippen molar-refractivity contribution in [3.8, 4) is 0 Å². The van der Waals surface area contributed by atoms with Crippen LogP contribution in [0.2, 0.25) is 0 Å². The molecule has 2 nitrogen and oxygen atoms in total. The molecule has 0 aliphatic heterocycles. The highest BCUT2D eigenvalue weighted by Gasteiger charge is 2.16. The van der Waals surface area contributed by atoms with E-state index in [2.05, 4.69) is 20.8 Å². The van der Waals surface area contributed by atoms with Crippen molar-refractivity contribution in [1.82, 2.24) is 0 Å². The maximum absolute atomic E-state index is 11.7. The minimum atomic E-state index is 0.0924. The lowest BCUT2D eigenvalue weighted by Gasteiger charge is -2.17. The first kappa shape index (κ1) is 13.0. The van der Waals surface area contributed by atoms with Crippen LogP contribution in [0, 0.1) is 19.8 Å². The van der Waals surface area contributed by atoms with Crippen molar-refractivity contribution < 1.29 is 4.42 Å². The van der Waals surface area contributed by atoms with Gasteiger partial charge in [-0.15, -0.1) is 0 Å². The largest absolute Gasteiger partial charge is 0.466 e. The molecule has 0 bridgehead atoms. The van der Waals surface area contributed by atoms with Crippen LogP contribution in [0.1, 0.15) is 56.6 Å². The van der Waals surface area contributed by atoms with E-state index in [0.29, 0.717) is 17.6 Å². The minimum absolute atomic E-state index is 0.0924. The van der Waals surface area contributed by atoms with Gasteiger partial charge in [0, 0.05) is 17.5 Å². The zero-order chi connectivity index (χ0) is 12.3. The van der Waals surface area contributed by atoms with Crippen LogP contribution in [0.25, 0.3) is 0 Å². The van der Waals surface area contributed by atoms with Crippen molar-refractivity contribution in [2.75, 3.05) is 0 Å². The van der Waals surface area contributed by atoms with E-state index >= 15 is 0 Å². The average molecular weight is 222 g/mol. The Labute approximate surface area is 97.7 Å². The van der Waals surface area contributed by atoms with Gasteiger partial charge in [0.15, 0.2) is 5.43 Å². The Kier molecular flexibility index (Phi) is 4.34. The Hall–Kier alpha value is -1.05. The van der Waals surface area contributed by atoms with Crippen LogP contribution in [-0.2, 0) is 0 Å². The fourth-order valence-electron chi connectivity index (χ4n) is 2.04. The summed E-state index contributed by atoms with van der Waals surface area (Å²) >= 11 is 0. The fraction of sp³-hybridized carbons (Fsp3) is 0.643. The molecule has 0 saturated carbocycles. The molecule has 2 heteroatoms. The molecule has 0 spiro atoms. The topological polar surface area (TPSA) is 30.2 Å². The summed E-state index contributed by atoms with van der Waals surface area (Å²) in [5, 5.41) is 0.